The quantitative estimate of drug-likeness (QED) is 0.521. The smallest absolute Gasteiger partial charge is 0.411 e. The van der Waals surface area contributed by atoms with Gasteiger partial charge >= 0.3 is 6.09 Å². The maximum absolute atomic E-state index is 13.0. The Labute approximate surface area is 152 Å². The summed E-state index contributed by atoms with van der Waals surface area (Å²) >= 11 is 0. The van der Waals surface area contributed by atoms with Gasteiger partial charge in [-0.05, 0) is 48.4 Å². The molecule has 0 aromatic heterocycles. The van der Waals surface area contributed by atoms with Crippen LogP contribution in [0.1, 0.15) is 31.7 Å². The van der Waals surface area contributed by atoms with Gasteiger partial charge in [0.2, 0.25) is 6.41 Å². The Bertz CT molecular complexity index is 702. The number of ether oxygens (including phenoxy) is 1. The lowest BCUT2D eigenvalue weighted by Gasteiger charge is -2.18. The third kappa shape index (κ3) is 6.20. The molecule has 0 spiro atoms. The van der Waals surface area contributed by atoms with E-state index in [-0.39, 0.29) is 5.82 Å². The van der Waals surface area contributed by atoms with Crippen LogP contribution in [0.25, 0.3) is 0 Å². The van der Waals surface area contributed by atoms with Crippen LogP contribution in [0.5, 0.6) is 0 Å². The van der Waals surface area contributed by atoms with Crippen LogP contribution >= 0.6 is 0 Å². The summed E-state index contributed by atoms with van der Waals surface area (Å²) in [4.78, 5) is 24.6. The van der Waals surface area contributed by atoms with E-state index in [4.69, 9.17) is 4.74 Å². The fourth-order valence-electron chi connectivity index (χ4n) is 2.38. The molecule has 0 bridgehead atoms. The summed E-state index contributed by atoms with van der Waals surface area (Å²) in [6.07, 6.45) is 3.16. The van der Waals surface area contributed by atoms with Gasteiger partial charge in [0, 0.05) is 11.4 Å². The minimum Gasteiger partial charge on any atom is -0.449 e. The van der Waals surface area contributed by atoms with Gasteiger partial charge < -0.3 is 9.64 Å². The van der Waals surface area contributed by atoms with Crippen molar-refractivity contribution in [2.75, 3.05) is 16.8 Å². The number of nitrogens with one attached hydrogen (secondary N) is 1. The number of anilines is 2. The van der Waals surface area contributed by atoms with Crippen molar-refractivity contribution in [2.45, 2.75) is 32.7 Å². The molecule has 2 aromatic rings. The first-order chi connectivity index (χ1) is 12.6. The lowest BCUT2D eigenvalue weighted by atomic mass is 10.2. The molecule has 5 nitrogen and oxygen atoms in total. The van der Waals surface area contributed by atoms with Crippen molar-refractivity contribution < 1.29 is 18.7 Å². The van der Waals surface area contributed by atoms with Gasteiger partial charge in [-0.2, -0.15) is 0 Å². The van der Waals surface area contributed by atoms with Crippen molar-refractivity contribution >= 4 is 23.9 Å². The van der Waals surface area contributed by atoms with E-state index in [0.29, 0.717) is 30.9 Å². The van der Waals surface area contributed by atoms with E-state index in [1.165, 1.54) is 17.0 Å². The Morgan fingerprint density at radius 3 is 2.42 bits per heavy atom. The highest BCUT2D eigenvalue weighted by molar-refractivity contribution is 5.85. The number of nitrogens with zero attached hydrogens (tertiary/aromatic N) is 1. The second-order valence-corrected chi connectivity index (χ2v) is 5.87. The molecule has 0 heterocycles. The summed E-state index contributed by atoms with van der Waals surface area (Å²) in [6, 6.07) is 12.8. The Morgan fingerprint density at radius 1 is 1.12 bits per heavy atom. The number of amides is 2. The topological polar surface area (TPSA) is 58.6 Å². The van der Waals surface area contributed by atoms with Gasteiger partial charge in [0.15, 0.2) is 0 Å². The zero-order valence-electron chi connectivity index (χ0n) is 14.8. The van der Waals surface area contributed by atoms with E-state index >= 15 is 0 Å². The van der Waals surface area contributed by atoms with Crippen molar-refractivity contribution in [2.24, 2.45) is 0 Å². The van der Waals surface area contributed by atoms with Crippen LogP contribution in [0.15, 0.2) is 48.5 Å². The summed E-state index contributed by atoms with van der Waals surface area (Å²) in [5, 5.41) is 2.65. The van der Waals surface area contributed by atoms with E-state index in [1.807, 2.05) is 0 Å². The average Bonchev–Trinajstić information content (AvgIpc) is 2.65. The Kier molecular flexibility index (Phi) is 7.61. The highest BCUT2D eigenvalue weighted by Crippen LogP contribution is 2.19. The first-order valence-corrected chi connectivity index (χ1v) is 8.62. The van der Waals surface area contributed by atoms with Gasteiger partial charge in [0.05, 0.1) is 13.2 Å². The Morgan fingerprint density at radius 2 is 1.81 bits per heavy atom. The van der Waals surface area contributed by atoms with Crippen LogP contribution in [0.3, 0.4) is 0 Å². The number of carbonyl (C=O) groups excluding carboxylic acids is 2. The second kappa shape index (κ2) is 10.2. The molecule has 0 atom stereocenters. The average molecular weight is 358 g/mol. The van der Waals surface area contributed by atoms with Crippen molar-refractivity contribution in [3.63, 3.8) is 0 Å². The number of benzene rings is 2. The zero-order chi connectivity index (χ0) is 18.8. The summed E-state index contributed by atoms with van der Waals surface area (Å²) in [5.41, 5.74) is 2.07. The number of rotatable bonds is 9. The standard InChI is InChI=1S/C20H23FN2O3/c1-2-3-4-13-26-20(25)22-18-9-11-19(12-10-18)23(15-24)14-16-5-7-17(21)8-6-16/h5-12,15H,2-4,13-14H2,1H3,(H,22,25). The summed E-state index contributed by atoms with van der Waals surface area (Å²) in [5.74, 6) is -0.316. The molecule has 26 heavy (non-hydrogen) atoms. The molecule has 2 amide bonds. The SMILES string of the molecule is CCCCCOC(=O)Nc1ccc(N(C=O)Cc2ccc(F)cc2)cc1. The van der Waals surface area contributed by atoms with E-state index in [2.05, 4.69) is 12.2 Å². The van der Waals surface area contributed by atoms with Crippen LogP contribution in [-0.4, -0.2) is 19.1 Å². The van der Waals surface area contributed by atoms with Crippen LogP contribution < -0.4 is 10.2 Å². The first-order valence-electron chi connectivity index (χ1n) is 8.62. The monoisotopic (exact) mass is 358 g/mol. The molecule has 6 heteroatoms. The molecule has 0 fully saturated rings. The highest BCUT2D eigenvalue weighted by atomic mass is 19.1. The van der Waals surface area contributed by atoms with E-state index in [9.17, 15) is 14.0 Å². The third-order valence-electron chi connectivity index (χ3n) is 3.82. The molecular formula is C20H23FN2O3. The lowest BCUT2D eigenvalue weighted by molar-refractivity contribution is -0.107. The van der Waals surface area contributed by atoms with Gasteiger partial charge in [0.25, 0.3) is 0 Å². The molecule has 0 saturated carbocycles. The number of hydrogen-bond donors (Lipinski definition) is 1. The lowest BCUT2D eigenvalue weighted by Crippen LogP contribution is -2.20. The number of hydrogen-bond acceptors (Lipinski definition) is 3. The summed E-state index contributed by atoms with van der Waals surface area (Å²) in [6.45, 7) is 2.81. The molecule has 0 saturated heterocycles. The zero-order valence-corrected chi connectivity index (χ0v) is 14.8. The highest BCUT2D eigenvalue weighted by Gasteiger charge is 2.08. The van der Waals surface area contributed by atoms with Crippen LogP contribution in [0, 0.1) is 5.82 Å². The van der Waals surface area contributed by atoms with Crippen molar-refractivity contribution in [1.29, 1.82) is 0 Å². The maximum atomic E-state index is 13.0. The van der Waals surface area contributed by atoms with Gasteiger partial charge in [-0.15, -0.1) is 0 Å². The second-order valence-electron chi connectivity index (χ2n) is 5.87. The number of halogens is 1. The first kappa shape index (κ1) is 19.4. The van der Waals surface area contributed by atoms with Crippen molar-refractivity contribution in [3.8, 4) is 0 Å². The van der Waals surface area contributed by atoms with Gasteiger partial charge in [-0.1, -0.05) is 31.9 Å². The van der Waals surface area contributed by atoms with Crippen LogP contribution in [0.2, 0.25) is 0 Å². The van der Waals surface area contributed by atoms with Crippen molar-refractivity contribution in [3.05, 3.63) is 59.9 Å². The van der Waals surface area contributed by atoms with Gasteiger partial charge in [0.1, 0.15) is 5.82 Å². The minimum absolute atomic E-state index is 0.316. The van der Waals surface area contributed by atoms with E-state index in [0.717, 1.165) is 24.8 Å². The molecule has 138 valence electrons. The predicted molar refractivity (Wildman–Crippen MR) is 99.6 cm³/mol. The largest absolute Gasteiger partial charge is 0.449 e. The Hall–Kier alpha value is -2.89. The van der Waals surface area contributed by atoms with Gasteiger partial charge in [-0.3, -0.25) is 10.1 Å². The summed E-state index contributed by atoms with van der Waals surface area (Å²) < 4.78 is 18.1. The number of carbonyl (C=O) groups is 2. The van der Waals surface area contributed by atoms with E-state index < -0.39 is 6.09 Å². The fraction of sp³-hybridized carbons (Fsp3) is 0.300. The molecule has 0 aliphatic rings. The molecule has 1 N–H and O–H groups in total. The molecule has 0 radical (unpaired) electrons. The Balaban J connectivity index is 1.91. The molecule has 0 aliphatic heterocycles. The molecule has 0 aliphatic carbocycles. The summed E-state index contributed by atoms with van der Waals surface area (Å²) in [7, 11) is 0. The van der Waals surface area contributed by atoms with Crippen molar-refractivity contribution in [1.82, 2.24) is 0 Å². The maximum Gasteiger partial charge on any atom is 0.411 e. The predicted octanol–water partition coefficient (Wildman–Crippen LogP) is 4.73. The normalized spacial score (nSPS) is 10.2. The molecular weight excluding hydrogens is 335 g/mol. The third-order valence-corrected chi connectivity index (χ3v) is 3.82. The van der Waals surface area contributed by atoms with Gasteiger partial charge in [-0.25, -0.2) is 9.18 Å². The van der Waals surface area contributed by atoms with E-state index in [1.54, 1.807) is 36.4 Å². The van der Waals surface area contributed by atoms with Crippen LogP contribution in [0.4, 0.5) is 20.6 Å². The number of unbranched alkanes of at least 4 members (excludes halogenated alkanes) is 2. The van der Waals surface area contributed by atoms with Crippen LogP contribution in [-0.2, 0) is 16.1 Å². The molecule has 0 unspecified atom stereocenters. The minimum atomic E-state index is -0.493. The molecule has 2 aromatic carbocycles. The molecule has 2 rings (SSSR count). The fourth-order valence-corrected chi connectivity index (χ4v) is 2.38.